The van der Waals surface area contributed by atoms with Crippen LogP contribution in [0.2, 0.25) is 0 Å². The van der Waals surface area contributed by atoms with Crippen LogP contribution in [0, 0.1) is 0 Å². The summed E-state index contributed by atoms with van der Waals surface area (Å²) in [6, 6.07) is -0.538. The number of carbonyl (C=O) groups is 2. The molecule has 2 atom stereocenters. The van der Waals surface area contributed by atoms with Crippen molar-refractivity contribution < 1.29 is 24.5 Å². The highest BCUT2D eigenvalue weighted by Crippen LogP contribution is 2.18. The fourth-order valence-corrected chi connectivity index (χ4v) is 9.41. The Morgan fingerprint density at radius 2 is 0.641 bits per heavy atom. The fraction of sp³-hybridized carbons (Fsp3) is 0.966. The number of hydrogen-bond donors (Lipinski definition) is 3. The van der Waals surface area contributed by atoms with Crippen LogP contribution in [0.4, 0.5) is 0 Å². The van der Waals surface area contributed by atoms with Gasteiger partial charge in [0.2, 0.25) is 5.91 Å². The fourth-order valence-electron chi connectivity index (χ4n) is 9.41. The molecule has 1 amide bonds. The van der Waals surface area contributed by atoms with Gasteiger partial charge in [-0.25, -0.2) is 0 Å². The first-order valence-electron chi connectivity index (χ1n) is 29.3. The maximum Gasteiger partial charge on any atom is 0.305 e. The van der Waals surface area contributed by atoms with Gasteiger partial charge in [-0.1, -0.05) is 296 Å². The molecule has 0 aromatic rings. The van der Waals surface area contributed by atoms with Crippen LogP contribution in [-0.4, -0.2) is 47.4 Å². The first-order valence-corrected chi connectivity index (χ1v) is 29.3. The van der Waals surface area contributed by atoms with Crippen molar-refractivity contribution >= 4 is 11.9 Å². The summed E-state index contributed by atoms with van der Waals surface area (Å²) in [5, 5.41) is 23.2. The number of esters is 1. The molecule has 64 heavy (non-hydrogen) atoms. The van der Waals surface area contributed by atoms with E-state index in [2.05, 4.69) is 19.2 Å². The van der Waals surface area contributed by atoms with E-state index < -0.39 is 12.1 Å². The molecule has 0 fully saturated rings. The molecule has 0 spiro atoms. The molecular formula is C58H115NO5. The van der Waals surface area contributed by atoms with E-state index >= 15 is 0 Å². The molecule has 0 aliphatic rings. The predicted octanol–water partition coefficient (Wildman–Crippen LogP) is 17.9. The SMILES string of the molecule is CCCCCCCCCCCCCCC(O)C(CO)NC(=O)CCCCCCCCCCCCCCCCCCCCCCCCCCOC(=O)CCCCCCCCCCCCC. The van der Waals surface area contributed by atoms with E-state index in [4.69, 9.17) is 4.74 Å². The van der Waals surface area contributed by atoms with E-state index in [1.807, 2.05) is 0 Å². The molecule has 3 N–H and O–H groups in total. The number of hydrogen-bond acceptors (Lipinski definition) is 5. The number of aliphatic hydroxyl groups is 2. The van der Waals surface area contributed by atoms with Crippen molar-refractivity contribution in [3.05, 3.63) is 0 Å². The number of amides is 1. The first-order chi connectivity index (χ1) is 31.5. The van der Waals surface area contributed by atoms with Gasteiger partial charge in [0.15, 0.2) is 0 Å². The van der Waals surface area contributed by atoms with Crippen molar-refractivity contribution in [2.24, 2.45) is 0 Å². The largest absolute Gasteiger partial charge is 0.466 e. The van der Waals surface area contributed by atoms with Gasteiger partial charge in [0.25, 0.3) is 0 Å². The second kappa shape index (κ2) is 54.5. The van der Waals surface area contributed by atoms with Gasteiger partial charge >= 0.3 is 5.97 Å². The van der Waals surface area contributed by atoms with Crippen LogP contribution in [0.15, 0.2) is 0 Å². The lowest BCUT2D eigenvalue weighted by atomic mass is 10.0. The third-order valence-electron chi connectivity index (χ3n) is 13.9. The molecule has 382 valence electrons. The van der Waals surface area contributed by atoms with Crippen molar-refractivity contribution in [2.45, 2.75) is 347 Å². The molecule has 0 rings (SSSR count). The Balaban J connectivity index is 3.34. The lowest BCUT2D eigenvalue weighted by molar-refractivity contribution is -0.143. The standard InChI is InChI=1S/C58H115NO5/c1-3-5-7-9-11-13-15-31-34-38-42-46-50-56(61)55(54-60)59-57(62)51-47-43-39-35-32-28-26-24-22-20-18-16-17-19-21-23-25-27-29-33-37-41-45-49-53-64-58(63)52-48-44-40-36-30-14-12-10-8-6-4-2/h55-56,60-61H,3-54H2,1-2H3,(H,59,62). The molecule has 6 heteroatoms. The maximum atomic E-state index is 12.4. The smallest absolute Gasteiger partial charge is 0.305 e. The summed E-state index contributed by atoms with van der Waals surface area (Å²) in [6.45, 7) is 4.96. The average molecular weight is 907 g/mol. The van der Waals surface area contributed by atoms with Gasteiger partial charge in [-0.15, -0.1) is 0 Å². The van der Waals surface area contributed by atoms with E-state index in [1.54, 1.807) is 0 Å². The highest BCUT2D eigenvalue weighted by molar-refractivity contribution is 5.76. The predicted molar refractivity (Wildman–Crippen MR) is 278 cm³/mol. The van der Waals surface area contributed by atoms with E-state index in [1.165, 1.54) is 263 Å². The normalized spacial score (nSPS) is 12.5. The summed E-state index contributed by atoms with van der Waals surface area (Å²) in [7, 11) is 0. The van der Waals surface area contributed by atoms with E-state index in [9.17, 15) is 19.8 Å². The Hall–Kier alpha value is -1.14. The number of rotatable bonds is 55. The second-order valence-electron chi connectivity index (χ2n) is 20.3. The quantitative estimate of drug-likeness (QED) is 0.0417. The van der Waals surface area contributed by atoms with Crippen LogP contribution in [0.25, 0.3) is 0 Å². The third-order valence-corrected chi connectivity index (χ3v) is 13.9. The minimum Gasteiger partial charge on any atom is -0.466 e. The van der Waals surface area contributed by atoms with E-state index in [-0.39, 0.29) is 18.5 Å². The van der Waals surface area contributed by atoms with Crippen LogP contribution < -0.4 is 5.32 Å². The van der Waals surface area contributed by atoms with Gasteiger partial charge in [-0.2, -0.15) is 0 Å². The number of aliphatic hydroxyl groups excluding tert-OH is 2. The third kappa shape index (κ3) is 50.3. The van der Waals surface area contributed by atoms with Crippen molar-refractivity contribution in [3.8, 4) is 0 Å². The summed E-state index contributed by atoms with van der Waals surface area (Å²) in [5.41, 5.74) is 0. The van der Waals surface area contributed by atoms with Gasteiger partial charge in [0.1, 0.15) is 0 Å². The maximum absolute atomic E-state index is 12.4. The van der Waals surface area contributed by atoms with Gasteiger partial charge in [0, 0.05) is 12.8 Å². The lowest BCUT2D eigenvalue weighted by Crippen LogP contribution is -2.45. The molecule has 0 heterocycles. The summed E-state index contributed by atoms with van der Waals surface area (Å²) in [4.78, 5) is 24.4. The van der Waals surface area contributed by atoms with Crippen LogP contribution in [0.1, 0.15) is 335 Å². The molecule has 0 radical (unpaired) electrons. The van der Waals surface area contributed by atoms with Crippen molar-refractivity contribution in [1.29, 1.82) is 0 Å². The van der Waals surface area contributed by atoms with Crippen LogP contribution >= 0.6 is 0 Å². The number of nitrogens with one attached hydrogen (secondary N) is 1. The molecule has 0 aliphatic carbocycles. The Morgan fingerprint density at radius 3 is 0.953 bits per heavy atom. The molecule has 0 aromatic heterocycles. The van der Waals surface area contributed by atoms with Crippen LogP contribution in [-0.2, 0) is 14.3 Å². The Kier molecular flexibility index (Phi) is 53.5. The highest BCUT2D eigenvalue weighted by Gasteiger charge is 2.20. The minimum atomic E-state index is -0.661. The minimum absolute atomic E-state index is 0.0158. The number of carbonyl (C=O) groups excluding carboxylic acids is 2. The average Bonchev–Trinajstić information content (AvgIpc) is 3.29. The molecule has 0 aliphatic heterocycles. The summed E-state index contributed by atoms with van der Waals surface area (Å²) in [5.74, 6) is -0.0167. The van der Waals surface area contributed by atoms with Crippen molar-refractivity contribution in [2.75, 3.05) is 13.2 Å². The summed E-state index contributed by atoms with van der Waals surface area (Å²) >= 11 is 0. The summed E-state index contributed by atoms with van der Waals surface area (Å²) in [6.07, 6.45) is 62.5. The van der Waals surface area contributed by atoms with Gasteiger partial charge in [-0.05, 0) is 25.7 Å². The zero-order valence-electron chi connectivity index (χ0n) is 43.5. The monoisotopic (exact) mass is 906 g/mol. The van der Waals surface area contributed by atoms with Crippen molar-refractivity contribution in [3.63, 3.8) is 0 Å². The lowest BCUT2D eigenvalue weighted by Gasteiger charge is -2.22. The zero-order chi connectivity index (χ0) is 46.5. The van der Waals surface area contributed by atoms with Crippen molar-refractivity contribution in [1.82, 2.24) is 5.32 Å². The highest BCUT2D eigenvalue weighted by atomic mass is 16.5. The Labute approximate surface area is 400 Å². The molecule has 6 nitrogen and oxygen atoms in total. The topological polar surface area (TPSA) is 95.9 Å². The molecule has 0 saturated carbocycles. The molecule has 0 saturated heterocycles. The van der Waals surface area contributed by atoms with Gasteiger partial charge in [-0.3, -0.25) is 9.59 Å². The second-order valence-corrected chi connectivity index (χ2v) is 20.3. The summed E-state index contributed by atoms with van der Waals surface area (Å²) < 4.78 is 5.47. The molecule has 0 aromatic carbocycles. The number of unbranched alkanes of at least 4 members (excludes halogenated alkanes) is 44. The van der Waals surface area contributed by atoms with Crippen LogP contribution in [0.5, 0.6) is 0 Å². The zero-order valence-corrected chi connectivity index (χ0v) is 43.5. The van der Waals surface area contributed by atoms with Gasteiger partial charge in [0.05, 0.1) is 25.4 Å². The van der Waals surface area contributed by atoms with E-state index in [0.29, 0.717) is 25.9 Å². The first kappa shape index (κ1) is 62.9. The molecular weight excluding hydrogens is 791 g/mol. The Morgan fingerprint density at radius 1 is 0.375 bits per heavy atom. The Bertz CT molecular complexity index is 913. The molecule has 2 unspecified atom stereocenters. The number of ether oxygens (including phenoxy) is 1. The van der Waals surface area contributed by atoms with Crippen LogP contribution in [0.3, 0.4) is 0 Å². The molecule has 0 bridgehead atoms. The van der Waals surface area contributed by atoms with Gasteiger partial charge < -0.3 is 20.3 Å². The van der Waals surface area contributed by atoms with E-state index in [0.717, 1.165) is 38.5 Å².